The van der Waals surface area contributed by atoms with Crippen LogP contribution in [0.4, 0.5) is 0 Å². The number of unbranched alkanes of at least 4 members (excludes halogenated alkanes) is 2. The fraction of sp³-hybridized carbons (Fsp3) is 0.857. The van der Waals surface area contributed by atoms with Gasteiger partial charge in [-0.1, -0.05) is 12.5 Å². The molecular formula is C14H30O3Si. The average Bonchev–Trinajstić information content (AvgIpc) is 2.33. The lowest BCUT2D eigenvalue weighted by Gasteiger charge is -2.37. The summed E-state index contributed by atoms with van der Waals surface area (Å²) in [6, 6.07) is 0. The van der Waals surface area contributed by atoms with Crippen LogP contribution in [0.1, 0.15) is 46.5 Å². The maximum atomic E-state index is 5.85. The molecule has 0 bridgehead atoms. The van der Waals surface area contributed by atoms with Crippen LogP contribution in [0.2, 0.25) is 0 Å². The third-order valence-electron chi connectivity index (χ3n) is 2.94. The van der Waals surface area contributed by atoms with Crippen molar-refractivity contribution >= 4 is 10.2 Å². The van der Waals surface area contributed by atoms with Gasteiger partial charge in [0, 0.05) is 19.8 Å². The second-order valence-electron chi connectivity index (χ2n) is 4.40. The highest BCUT2D eigenvalue weighted by Crippen LogP contribution is 2.22. The van der Waals surface area contributed by atoms with Gasteiger partial charge in [0.1, 0.15) is 6.10 Å². The first-order valence-corrected chi connectivity index (χ1v) is 8.14. The third-order valence-corrected chi connectivity index (χ3v) is 4.16. The average molecular weight is 274 g/mol. The minimum Gasteiger partial charge on any atom is -0.373 e. The summed E-state index contributed by atoms with van der Waals surface area (Å²) in [5, 5.41) is 0. The summed E-state index contributed by atoms with van der Waals surface area (Å²) >= 11 is 0. The highest BCUT2D eigenvalue weighted by atomic mass is 28.1. The second-order valence-corrected chi connectivity index (χ2v) is 5.79. The van der Waals surface area contributed by atoms with E-state index >= 15 is 0 Å². The molecule has 18 heavy (non-hydrogen) atoms. The Hall–Kier alpha value is -0.163. The Morgan fingerprint density at radius 1 is 1.11 bits per heavy atom. The van der Waals surface area contributed by atoms with Gasteiger partial charge in [-0.25, -0.2) is 0 Å². The van der Waals surface area contributed by atoms with Crippen LogP contribution >= 0.6 is 0 Å². The van der Waals surface area contributed by atoms with Crippen molar-refractivity contribution < 1.29 is 14.2 Å². The van der Waals surface area contributed by atoms with Crippen LogP contribution in [0.25, 0.3) is 0 Å². The van der Waals surface area contributed by atoms with Gasteiger partial charge >= 0.3 is 0 Å². The SMILES string of the molecule is C=CCCCCC(OCC)C([SiH3])(OCC)OCC. The largest absolute Gasteiger partial charge is 0.373 e. The van der Waals surface area contributed by atoms with Gasteiger partial charge in [0.2, 0.25) is 0 Å². The van der Waals surface area contributed by atoms with E-state index in [1.165, 1.54) is 0 Å². The van der Waals surface area contributed by atoms with Crippen LogP contribution in [0, 0.1) is 0 Å². The molecular weight excluding hydrogens is 244 g/mol. The normalized spacial score (nSPS) is 13.7. The molecule has 4 heteroatoms. The summed E-state index contributed by atoms with van der Waals surface area (Å²) < 4.78 is 17.5. The van der Waals surface area contributed by atoms with Crippen molar-refractivity contribution in [1.82, 2.24) is 0 Å². The number of ether oxygens (including phenoxy) is 3. The van der Waals surface area contributed by atoms with Crippen molar-refractivity contribution in [3.05, 3.63) is 12.7 Å². The van der Waals surface area contributed by atoms with Crippen LogP contribution in [-0.2, 0) is 14.2 Å². The Balaban J connectivity index is 4.43. The van der Waals surface area contributed by atoms with E-state index in [1.54, 1.807) is 0 Å². The summed E-state index contributed by atoms with van der Waals surface area (Å²) in [6.45, 7) is 11.8. The predicted molar refractivity (Wildman–Crippen MR) is 80.0 cm³/mol. The fourth-order valence-electron chi connectivity index (χ4n) is 2.12. The Bertz CT molecular complexity index is 203. The van der Waals surface area contributed by atoms with Crippen LogP contribution in [0.5, 0.6) is 0 Å². The van der Waals surface area contributed by atoms with Crippen molar-refractivity contribution in [3.8, 4) is 0 Å². The molecule has 0 heterocycles. The zero-order valence-electron chi connectivity index (χ0n) is 12.5. The zero-order chi connectivity index (χ0) is 13.9. The molecule has 0 rings (SSSR count). The molecule has 1 unspecified atom stereocenters. The number of hydrogen-bond acceptors (Lipinski definition) is 3. The molecule has 0 fully saturated rings. The van der Waals surface area contributed by atoms with Gasteiger partial charge in [0.25, 0.3) is 0 Å². The maximum absolute atomic E-state index is 5.85. The Morgan fingerprint density at radius 2 is 1.72 bits per heavy atom. The van der Waals surface area contributed by atoms with Crippen molar-refractivity contribution in [2.75, 3.05) is 19.8 Å². The summed E-state index contributed by atoms with van der Waals surface area (Å²) in [7, 11) is 0.815. The van der Waals surface area contributed by atoms with E-state index in [9.17, 15) is 0 Å². The van der Waals surface area contributed by atoms with Crippen molar-refractivity contribution in [2.24, 2.45) is 0 Å². The lowest BCUT2D eigenvalue weighted by molar-refractivity contribution is -0.237. The van der Waals surface area contributed by atoms with E-state index in [4.69, 9.17) is 14.2 Å². The standard InChI is InChI=1S/C14H30O3Si/c1-5-9-10-11-12-13(15-6-2)14(18,16-7-3)17-8-4/h5,13H,1,6-12H2,2-4,18H3. The van der Waals surface area contributed by atoms with Gasteiger partial charge in [0.05, 0.1) is 10.2 Å². The van der Waals surface area contributed by atoms with E-state index in [0.29, 0.717) is 19.8 Å². The van der Waals surface area contributed by atoms with Crippen molar-refractivity contribution in [1.29, 1.82) is 0 Å². The summed E-state index contributed by atoms with van der Waals surface area (Å²) in [5.41, 5.74) is -0.492. The summed E-state index contributed by atoms with van der Waals surface area (Å²) in [4.78, 5) is 0. The Morgan fingerprint density at radius 3 is 2.17 bits per heavy atom. The van der Waals surface area contributed by atoms with Gasteiger partial charge in [-0.3, -0.25) is 0 Å². The molecule has 0 aromatic carbocycles. The molecule has 0 aliphatic heterocycles. The number of rotatable bonds is 12. The molecule has 0 aliphatic rings. The topological polar surface area (TPSA) is 27.7 Å². The van der Waals surface area contributed by atoms with Gasteiger partial charge in [-0.2, -0.15) is 0 Å². The van der Waals surface area contributed by atoms with Gasteiger partial charge in [-0.15, -0.1) is 6.58 Å². The number of hydrogen-bond donors (Lipinski definition) is 0. The molecule has 0 saturated carbocycles. The van der Waals surface area contributed by atoms with E-state index in [-0.39, 0.29) is 6.10 Å². The highest BCUT2D eigenvalue weighted by Gasteiger charge is 2.35. The molecule has 0 aromatic heterocycles. The third kappa shape index (κ3) is 6.68. The summed E-state index contributed by atoms with van der Waals surface area (Å²) in [5.74, 6) is 0. The van der Waals surface area contributed by atoms with E-state index in [0.717, 1.165) is 35.9 Å². The van der Waals surface area contributed by atoms with Crippen molar-refractivity contribution in [2.45, 2.75) is 58.0 Å². The molecule has 1 atom stereocenters. The lowest BCUT2D eigenvalue weighted by atomic mass is 10.1. The molecule has 0 saturated heterocycles. The smallest absolute Gasteiger partial charge is 0.166 e. The first-order chi connectivity index (χ1) is 8.64. The number of allylic oxidation sites excluding steroid dienone is 1. The molecule has 0 N–H and O–H groups in total. The van der Waals surface area contributed by atoms with Gasteiger partial charge < -0.3 is 14.2 Å². The fourth-order valence-corrected chi connectivity index (χ4v) is 3.15. The highest BCUT2D eigenvalue weighted by molar-refractivity contribution is 6.13. The van der Waals surface area contributed by atoms with Crippen LogP contribution in [0.15, 0.2) is 12.7 Å². The predicted octanol–water partition coefficient (Wildman–Crippen LogP) is 2.23. The monoisotopic (exact) mass is 274 g/mol. The molecule has 0 amide bonds. The quantitative estimate of drug-likeness (QED) is 0.236. The van der Waals surface area contributed by atoms with Crippen LogP contribution < -0.4 is 0 Å². The first kappa shape index (κ1) is 17.8. The first-order valence-electron chi connectivity index (χ1n) is 7.14. The summed E-state index contributed by atoms with van der Waals surface area (Å²) in [6.07, 6.45) is 6.36. The Kier molecular flexibility index (Phi) is 10.6. The molecule has 0 aromatic rings. The molecule has 108 valence electrons. The lowest BCUT2D eigenvalue weighted by Crippen LogP contribution is -2.49. The maximum Gasteiger partial charge on any atom is 0.166 e. The van der Waals surface area contributed by atoms with Gasteiger partial charge in [-0.05, 0) is 40.0 Å². The molecule has 3 nitrogen and oxygen atoms in total. The zero-order valence-corrected chi connectivity index (χ0v) is 14.5. The van der Waals surface area contributed by atoms with E-state index < -0.39 is 5.41 Å². The van der Waals surface area contributed by atoms with E-state index in [2.05, 4.69) is 6.58 Å². The molecule has 0 aliphatic carbocycles. The van der Waals surface area contributed by atoms with Gasteiger partial charge in [0.15, 0.2) is 5.41 Å². The van der Waals surface area contributed by atoms with E-state index in [1.807, 2.05) is 26.8 Å². The minimum atomic E-state index is -0.492. The Labute approximate surface area is 115 Å². The van der Waals surface area contributed by atoms with Crippen LogP contribution in [0.3, 0.4) is 0 Å². The molecule has 0 radical (unpaired) electrons. The van der Waals surface area contributed by atoms with Crippen molar-refractivity contribution in [3.63, 3.8) is 0 Å². The minimum absolute atomic E-state index is 0.0545. The van der Waals surface area contributed by atoms with Crippen LogP contribution in [-0.4, -0.2) is 41.6 Å². The second kappa shape index (κ2) is 10.7. The molecule has 0 spiro atoms.